The van der Waals surface area contributed by atoms with Crippen LogP contribution in [0.15, 0.2) is 41.3 Å². The van der Waals surface area contributed by atoms with Gasteiger partial charge in [-0.2, -0.15) is 0 Å². The van der Waals surface area contributed by atoms with Gasteiger partial charge in [-0.3, -0.25) is 4.31 Å². The van der Waals surface area contributed by atoms with Crippen molar-refractivity contribution >= 4 is 44.9 Å². The fourth-order valence-corrected chi connectivity index (χ4v) is 4.82. The minimum Gasteiger partial charge on any atom is -0.462 e. The van der Waals surface area contributed by atoms with Crippen LogP contribution in [0, 0.1) is 6.92 Å². The highest BCUT2D eigenvalue weighted by atomic mass is 35.5. The number of esters is 1. The minimum atomic E-state index is -3.92. The summed E-state index contributed by atoms with van der Waals surface area (Å²) in [4.78, 5) is 11.8. The molecule has 2 rings (SSSR count). The molecule has 0 spiro atoms. The number of rotatable bonds is 6. The highest BCUT2D eigenvalue weighted by Crippen LogP contribution is 2.32. The number of benzene rings is 2. The molecule has 0 unspecified atom stereocenters. The van der Waals surface area contributed by atoms with E-state index in [0.29, 0.717) is 16.8 Å². The van der Waals surface area contributed by atoms with Crippen molar-refractivity contribution in [1.29, 1.82) is 0 Å². The highest BCUT2D eigenvalue weighted by Gasteiger charge is 2.27. The lowest BCUT2D eigenvalue weighted by Gasteiger charge is -2.25. The Bertz CT molecular complexity index is 929. The van der Waals surface area contributed by atoms with Crippen LogP contribution in [0.1, 0.15) is 29.8 Å². The van der Waals surface area contributed by atoms with Gasteiger partial charge in [-0.1, -0.05) is 23.2 Å². The standard InChI is InChI=1S/C18H19Cl2NO4S/c1-4-21(26(23,24)17-11-14(19)7-8-15(17)20)16-9-6-13(10-12(16)3)18(22)25-5-2/h6-11H,4-5H2,1-3H3. The lowest BCUT2D eigenvalue weighted by Crippen LogP contribution is -2.31. The van der Waals surface area contributed by atoms with Gasteiger partial charge in [0, 0.05) is 11.6 Å². The predicted octanol–water partition coefficient (Wildman–Crippen LogP) is 4.69. The number of sulfonamides is 1. The maximum atomic E-state index is 13.1. The molecule has 0 aromatic heterocycles. The number of nitrogens with zero attached hydrogens (tertiary/aromatic N) is 1. The van der Waals surface area contributed by atoms with E-state index >= 15 is 0 Å². The predicted molar refractivity (Wildman–Crippen MR) is 104 cm³/mol. The number of ether oxygens (including phenoxy) is 1. The van der Waals surface area contributed by atoms with Gasteiger partial charge in [-0.05, 0) is 62.7 Å². The van der Waals surface area contributed by atoms with Gasteiger partial charge in [0.2, 0.25) is 0 Å². The van der Waals surface area contributed by atoms with Crippen molar-refractivity contribution in [3.8, 4) is 0 Å². The van der Waals surface area contributed by atoms with Crippen LogP contribution in [0.3, 0.4) is 0 Å². The molecule has 0 heterocycles. The average Bonchev–Trinajstić information content (AvgIpc) is 2.59. The second kappa shape index (κ2) is 8.29. The zero-order chi connectivity index (χ0) is 19.5. The van der Waals surface area contributed by atoms with E-state index in [9.17, 15) is 13.2 Å². The summed E-state index contributed by atoms with van der Waals surface area (Å²) in [7, 11) is -3.92. The van der Waals surface area contributed by atoms with Crippen molar-refractivity contribution in [3.63, 3.8) is 0 Å². The van der Waals surface area contributed by atoms with E-state index in [-0.39, 0.29) is 28.1 Å². The summed E-state index contributed by atoms with van der Waals surface area (Å²) in [6.07, 6.45) is 0. The number of hydrogen-bond acceptors (Lipinski definition) is 4. The van der Waals surface area contributed by atoms with E-state index in [4.69, 9.17) is 27.9 Å². The summed E-state index contributed by atoms with van der Waals surface area (Å²) in [5.41, 5.74) is 1.44. The van der Waals surface area contributed by atoms with Gasteiger partial charge in [0.05, 0.1) is 22.9 Å². The number of halogens is 2. The van der Waals surface area contributed by atoms with Gasteiger partial charge in [-0.15, -0.1) is 0 Å². The molecule has 0 N–H and O–H groups in total. The largest absolute Gasteiger partial charge is 0.462 e. The molecule has 0 saturated carbocycles. The topological polar surface area (TPSA) is 63.7 Å². The second-order valence-electron chi connectivity index (χ2n) is 5.47. The summed E-state index contributed by atoms with van der Waals surface area (Å²) < 4.78 is 32.4. The van der Waals surface area contributed by atoms with Crippen molar-refractivity contribution in [2.24, 2.45) is 0 Å². The van der Waals surface area contributed by atoms with Gasteiger partial charge in [-0.25, -0.2) is 13.2 Å². The van der Waals surface area contributed by atoms with Crippen molar-refractivity contribution in [2.75, 3.05) is 17.5 Å². The SMILES string of the molecule is CCOC(=O)c1ccc(N(CC)S(=O)(=O)c2cc(Cl)ccc2Cl)c(C)c1. The molecule has 2 aromatic rings. The molecule has 0 aliphatic heterocycles. The lowest BCUT2D eigenvalue weighted by atomic mass is 10.1. The smallest absolute Gasteiger partial charge is 0.338 e. The first kappa shape index (κ1) is 20.6. The summed E-state index contributed by atoms with van der Waals surface area (Å²) in [6.45, 7) is 5.62. The third kappa shape index (κ3) is 4.14. The maximum Gasteiger partial charge on any atom is 0.338 e. The van der Waals surface area contributed by atoms with Crippen LogP contribution in [0.4, 0.5) is 5.69 Å². The molecule has 0 bridgehead atoms. The summed E-state index contributed by atoms with van der Waals surface area (Å²) in [6, 6.07) is 9.02. The van der Waals surface area contributed by atoms with Gasteiger partial charge in [0.25, 0.3) is 10.0 Å². The average molecular weight is 416 g/mol. The molecule has 0 saturated heterocycles. The molecule has 5 nitrogen and oxygen atoms in total. The third-order valence-electron chi connectivity index (χ3n) is 3.73. The summed E-state index contributed by atoms with van der Waals surface area (Å²) >= 11 is 12.0. The van der Waals surface area contributed by atoms with Crippen LogP contribution in [-0.4, -0.2) is 27.5 Å². The Morgan fingerprint density at radius 2 is 1.81 bits per heavy atom. The number of anilines is 1. The molecule has 0 amide bonds. The first-order valence-corrected chi connectivity index (χ1v) is 10.2. The van der Waals surface area contributed by atoms with E-state index in [1.165, 1.54) is 28.6 Å². The van der Waals surface area contributed by atoms with E-state index in [1.807, 2.05) is 0 Å². The lowest BCUT2D eigenvalue weighted by molar-refractivity contribution is 0.0526. The minimum absolute atomic E-state index is 0.0672. The second-order valence-corrected chi connectivity index (χ2v) is 8.14. The normalized spacial score (nSPS) is 11.3. The molecule has 0 aliphatic rings. The van der Waals surface area contributed by atoms with Crippen molar-refractivity contribution in [1.82, 2.24) is 0 Å². The van der Waals surface area contributed by atoms with E-state index in [2.05, 4.69) is 0 Å². The highest BCUT2D eigenvalue weighted by molar-refractivity contribution is 7.93. The van der Waals surface area contributed by atoms with Crippen LogP contribution < -0.4 is 4.31 Å². The van der Waals surface area contributed by atoms with Crippen molar-refractivity contribution in [2.45, 2.75) is 25.7 Å². The molecule has 8 heteroatoms. The Morgan fingerprint density at radius 3 is 2.38 bits per heavy atom. The third-order valence-corrected chi connectivity index (χ3v) is 6.33. The fraction of sp³-hybridized carbons (Fsp3) is 0.278. The van der Waals surface area contributed by atoms with Crippen LogP contribution in [-0.2, 0) is 14.8 Å². The number of hydrogen-bond donors (Lipinski definition) is 0. The van der Waals surface area contributed by atoms with Gasteiger partial charge < -0.3 is 4.74 Å². The van der Waals surface area contributed by atoms with Crippen molar-refractivity contribution < 1.29 is 17.9 Å². The zero-order valence-electron chi connectivity index (χ0n) is 14.6. The molecule has 0 fully saturated rings. The number of carbonyl (C=O) groups is 1. The summed E-state index contributed by atoms with van der Waals surface area (Å²) in [5.74, 6) is -0.453. The first-order valence-electron chi connectivity index (χ1n) is 7.98. The van der Waals surface area contributed by atoms with E-state index in [0.717, 1.165) is 0 Å². The Hall–Kier alpha value is -1.76. The monoisotopic (exact) mass is 415 g/mol. The molecular formula is C18H19Cl2NO4S. The number of carbonyl (C=O) groups excluding carboxylic acids is 1. The molecular weight excluding hydrogens is 397 g/mol. The zero-order valence-corrected chi connectivity index (χ0v) is 17.0. The Labute approximate surface area is 163 Å². The quantitative estimate of drug-likeness (QED) is 0.641. The number of aryl methyl sites for hydroxylation is 1. The van der Waals surface area contributed by atoms with Gasteiger partial charge in [0.15, 0.2) is 0 Å². The maximum absolute atomic E-state index is 13.1. The van der Waals surface area contributed by atoms with Crippen LogP contribution in [0.25, 0.3) is 0 Å². The molecule has 26 heavy (non-hydrogen) atoms. The molecule has 0 aliphatic carbocycles. The molecule has 2 aromatic carbocycles. The van der Waals surface area contributed by atoms with Crippen LogP contribution in [0.5, 0.6) is 0 Å². The first-order chi connectivity index (χ1) is 12.2. The fourth-order valence-electron chi connectivity index (χ4n) is 2.54. The Morgan fingerprint density at radius 1 is 1.12 bits per heavy atom. The van der Waals surface area contributed by atoms with Gasteiger partial charge in [0.1, 0.15) is 4.90 Å². The molecule has 0 radical (unpaired) electrons. The molecule has 140 valence electrons. The molecule has 0 atom stereocenters. The van der Waals surface area contributed by atoms with Gasteiger partial charge >= 0.3 is 5.97 Å². The van der Waals surface area contributed by atoms with Crippen molar-refractivity contribution in [3.05, 3.63) is 57.6 Å². The van der Waals surface area contributed by atoms with Crippen LogP contribution in [0.2, 0.25) is 10.0 Å². The Kier molecular flexibility index (Phi) is 6.55. The summed E-state index contributed by atoms with van der Waals surface area (Å²) in [5, 5.41) is 0.368. The van der Waals surface area contributed by atoms with E-state index in [1.54, 1.807) is 32.9 Å². The Balaban J connectivity index is 2.51. The van der Waals surface area contributed by atoms with Crippen LogP contribution >= 0.6 is 23.2 Å². The van der Waals surface area contributed by atoms with E-state index < -0.39 is 16.0 Å².